The van der Waals surface area contributed by atoms with E-state index in [2.05, 4.69) is 15.4 Å². The Morgan fingerprint density at radius 1 is 1.15 bits per heavy atom. The number of aryl methyl sites for hydroxylation is 1. The molecule has 0 spiro atoms. The maximum atomic E-state index is 12.6. The second-order valence-electron chi connectivity index (χ2n) is 6.17. The lowest BCUT2D eigenvalue weighted by Crippen LogP contribution is -2.27. The molecule has 3 heterocycles. The van der Waals surface area contributed by atoms with Crippen LogP contribution in [0.5, 0.6) is 0 Å². The zero-order chi connectivity index (χ0) is 18.1. The number of fused-ring (bicyclic) bond motifs is 1. The molecule has 1 atom stereocenters. The molecule has 0 aliphatic rings. The van der Waals surface area contributed by atoms with Crippen LogP contribution >= 0.6 is 0 Å². The molecule has 0 bridgehead atoms. The molecule has 0 aliphatic heterocycles. The molecule has 4 rings (SSSR count). The van der Waals surface area contributed by atoms with Crippen LogP contribution in [0.15, 0.2) is 65.3 Å². The Morgan fingerprint density at radius 3 is 2.69 bits per heavy atom. The van der Waals surface area contributed by atoms with Crippen LogP contribution in [0.2, 0.25) is 0 Å². The Balaban J connectivity index is 1.63. The van der Waals surface area contributed by atoms with Crippen molar-refractivity contribution in [1.29, 1.82) is 0 Å². The molecule has 4 aromatic rings. The molecule has 0 fully saturated rings. The number of hydrogen-bond acceptors (Lipinski definition) is 4. The summed E-state index contributed by atoms with van der Waals surface area (Å²) in [6.07, 6.45) is 1.60. The second-order valence-corrected chi connectivity index (χ2v) is 6.17. The molecule has 1 amide bonds. The van der Waals surface area contributed by atoms with Gasteiger partial charge >= 0.3 is 0 Å². The molecule has 1 unspecified atom stereocenters. The number of aromatic nitrogens is 3. The highest BCUT2D eigenvalue weighted by atomic mass is 16.3. The summed E-state index contributed by atoms with van der Waals surface area (Å²) in [5.41, 5.74) is 3.52. The third-order valence-corrected chi connectivity index (χ3v) is 4.26. The number of furan rings is 1. The van der Waals surface area contributed by atoms with Crippen molar-refractivity contribution < 1.29 is 9.21 Å². The Kier molecular flexibility index (Phi) is 4.01. The standard InChI is InChI=1S/C20H18N4O2/c1-13-11-17(20(25)21-14(2)15-7-4-3-5-8-15)22-19-12-16(23-24(13)19)18-9-6-10-26-18/h3-12,14H,1-2H3,(H,21,25). The van der Waals surface area contributed by atoms with E-state index in [9.17, 15) is 4.79 Å². The number of nitrogens with zero attached hydrogens (tertiary/aromatic N) is 3. The van der Waals surface area contributed by atoms with E-state index < -0.39 is 0 Å². The fourth-order valence-electron chi connectivity index (χ4n) is 2.88. The maximum Gasteiger partial charge on any atom is 0.270 e. The van der Waals surface area contributed by atoms with Crippen LogP contribution in [-0.2, 0) is 0 Å². The van der Waals surface area contributed by atoms with Crippen molar-refractivity contribution in [2.24, 2.45) is 0 Å². The summed E-state index contributed by atoms with van der Waals surface area (Å²) in [6, 6.07) is 16.9. The van der Waals surface area contributed by atoms with Gasteiger partial charge in [0.15, 0.2) is 11.4 Å². The normalized spacial score (nSPS) is 12.2. The van der Waals surface area contributed by atoms with Crippen LogP contribution in [0.4, 0.5) is 0 Å². The van der Waals surface area contributed by atoms with Gasteiger partial charge in [-0.3, -0.25) is 4.79 Å². The zero-order valence-electron chi connectivity index (χ0n) is 14.5. The molecule has 6 nitrogen and oxygen atoms in total. The topological polar surface area (TPSA) is 72.4 Å². The largest absolute Gasteiger partial charge is 0.463 e. The number of hydrogen-bond donors (Lipinski definition) is 1. The first kappa shape index (κ1) is 16.1. The number of amides is 1. The van der Waals surface area contributed by atoms with Crippen molar-refractivity contribution in [3.05, 3.63) is 77.8 Å². The molecule has 1 N–H and O–H groups in total. The summed E-state index contributed by atoms with van der Waals surface area (Å²) < 4.78 is 7.09. The van der Waals surface area contributed by atoms with Crippen molar-refractivity contribution in [3.8, 4) is 11.5 Å². The van der Waals surface area contributed by atoms with E-state index in [1.54, 1.807) is 16.8 Å². The number of rotatable bonds is 4. The SMILES string of the molecule is Cc1cc(C(=O)NC(C)c2ccccc2)nc2cc(-c3ccco3)nn12. The molecule has 0 saturated heterocycles. The van der Waals surface area contributed by atoms with E-state index in [1.807, 2.05) is 62.4 Å². The summed E-state index contributed by atoms with van der Waals surface area (Å²) in [7, 11) is 0. The molecule has 3 aromatic heterocycles. The van der Waals surface area contributed by atoms with Gasteiger partial charge in [0.2, 0.25) is 0 Å². The Labute approximate surface area is 150 Å². The average molecular weight is 346 g/mol. The number of benzene rings is 1. The molecule has 0 aliphatic carbocycles. The molecule has 0 radical (unpaired) electrons. The van der Waals surface area contributed by atoms with Gasteiger partial charge in [-0.1, -0.05) is 30.3 Å². The van der Waals surface area contributed by atoms with Crippen LogP contribution in [0.25, 0.3) is 17.1 Å². The van der Waals surface area contributed by atoms with Crippen molar-refractivity contribution >= 4 is 11.6 Å². The number of carbonyl (C=O) groups is 1. The molecule has 26 heavy (non-hydrogen) atoms. The maximum absolute atomic E-state index is 12.6. The van der Waals surface area contributed by atoms with Crippen LogP contribution < -0.4 is 5.32 Å². The third-order valence-electron chi connectivity index (χ3n) is 4.26. The van der Waals surface area contributed by atoms with Crippen molar-refractivity contribution in [1.82, 2.24) is 19.9 Å². The lowest BCUT2D eigenvalue weighted by molar-refractivity contribution is 0.0935. The minimum absolute atomic E-state index is 0.106. The monoisotopic (exact) mass is 346 g/mol. The molecule has 6 heteroatoms. The van der Waals surface area contributed by atoms with Crippen LogP contribution in [0.3, 0.4) is 0 Å². The third kappa shape index (κ3) is 2.97. The van der Waals surface area contributed by atoms with Gasteiger partial charge in [-0.15, -0.1) is 0 Å². The number of nitrogens with one attached hydrogen (secondary N) is 1. The van der Waals surface area contributed by atoms with Gasteiger partial charge in [0.05, 0.1) is 12.3 Å². The quantitative estimate of drug-likeness (QED) is 0.610. The fraction of sp³-hybridized carbons (Fsp3) is 0.150. The fourth-order valence-corrected chi connectivity index (χ4v) is 2.88. The highest BCUT2D eigenvalue weighted by Gasteiger charge is 2.16. The highest BCUT2D eigenvalue weighted by Crippen LogP contribution is 2.20. The molecule has 1 aromatic carbocycles. The predicted octanol–water partition coefficient (Wildman–Crippen LogP) is 3.79. The summed E-state index contributed by atoms with van der Waals surface area (Å²) in [4.78, 5) is 17.1. The first-order chi connectivity index (χ1) is 12.6. The minimum Gasteiger partial charge on any atom is -0.463 e. The van der Waals surface area contributed by atoms with Crippen LogP contribution in [0, 0.1) is 6.92 Å². The average Bonchev–Trinajstić information content (AvgIpc) is 3.31. The van der Waals surface area contributed by atoms with E-state index in [-0.39, 0.29) is 11.9 Å². The molecule has 130 valence electrons. The van der Waals surface area contributed by atoms with Gasteiger partial charge < -0.3 is 9.73 Å². The van der Waals surface area contributed by atoms with Gasteiger partial charge in [0.1, 0.15) is 11.4 Å². The van der Waals surface area contributed by atoms with Gasteiger partial charge in [0, 0.05) is 11.8 Å². The first-order valence-electron chi connectivity index (χ1n) is 8.39. The molecular weight excluding hydrogens is 328 g/mol. The van der Waals surface area contributed by atoms with Gasteiger partial charge in [-0.2, -0.15) is 5.10 Å². The van der Waals surface area contributed by atoms with Crippen molar-refractivity contribution in [2.75, 3.05) is 0 Å². The summed E-state index contributed by atoms with van der Waals surface area (Å²) >= 11 is 0. The van der Waals surface area contributed by atoms with E-state index in [0.717, 1.165) is 11.3 Å². The van der Waals surface area contributed by atoms with Gasteiger partial charge in [-0.05, 0) is 37.6 Å². The van der Waals surface area contributed by atoms with Gasteiger partial charge in [0.25, 0.3) is 5.91 Å². The lowest BCUT2D eigenvalue weighted by Gasteiger charge is -2.14. The van der Waals surface area contributed by atoms with Crippen molar-refractivity contribution in [2.45, 2.75) is 19.9 Å². The number of carbonyl (C=O) groups excluding carboxylic acids is 1. The van der Waals surface area contributed by atoms with E-state index in [4.69, 9.17) is 4.42 Å². The first-order valence-corrected chi connectivity index (χ1v) is 8.39. The lowest BCUT2D eigenvalue weighted by atomic mass is 10.1. The minimum atomic E-state index is -0.215. The Hall–Kier alpha value is -3.41. The second kappa shape index (κ2) is 6.48. The van der Waals surface area contributed by atoms with E-state index >= 15 is 0 Å². The Morgan fingerprint density at radius 2 is 1.96 bits per heavy atom. The summed E-state index contributed by atoms with van der Waals surface area (Å²) in [5, 5.41) is 7.48. The van der Waals surface area contributed by atoms with Crippen molar-refractivity contribution in [3.63, 3.8) is 0 Å². The zero-order valence-corrected chi connectivity index (χ0v) is 14.5. The predicted molar refractivity (Wildman–Crippen MR) is 97.7 cm³/mol. The van der Waals surface area contributed by atoms with Gasteiger partial charge in [-0.25, -0.2) is 9.50 Å². The Bertz CT molecular complexity index is 1050. The van der Waals surface area contributed by atoms with Crippen LogP contribution in [-0.4, -0.2) is 20.5 Å². The summed E-state index contributed by atoms with van der Waals surface area (Å²) in [6.45, 7) is 3.84. The molecular formula is C20H18N4O2. The smallest absolute Gasteiger partial charge is 0.270 e. The van der Waals surface area contributed by atoms with E-state index in [0.29, 0.717) is 22.8 Å². The summed E-state index contributed by atoms with van der Waals surface area (Å²) in [5.74, 6) is 0.450. The van der Waals surface area contributed by atoms with Crippen LogP contribution in [0.1, 0.15) is 34.7 Å². The van der Waals surface area contributed by atoms with E-state index in [1.165, 1.54) is 0 Å². The highest BCUT2D eigenvalue weighted by molar-refractivity contribution is 5.93. The molecule has 0 saturated carbocycles.